The third-order valence-electron chi connectivity index (χ3n) is 11.3. The molecule has 6 unspecified atom stereocenters. The molecule has 0 bridgehead atoms. The van der Waals surface area contributed by atoms with Crippen molar-refractivity contribution in [3.8, 4) is 0 Å². The third-order valence-corrected chi connectivity index (χ3v) is 11.3. The predicted octanol–water partition coefficient (Wildman–Crippen LogP) is 7.44. The van der Waals surface area contributed by atoms with Gasteiger partial charge in [-0.25, -0.2) is 0 Å². The summed E-state index contributed by atoms with van der Waals surface area (Å²) in [5.41, 5.74) is 1.52. The lowest BCUT2D eigenvalue weighted by molar-refractivity contribution is -0.123. The van der Waals surface area contributed by atoms with Gasteiger partial charge in [-0.2, -0.15) is 0 Å². The smallest absolute Gasteiger partial charge is 0.0630 e. The molecule has 4 fully saturated rings. The van der Waals surface area contributed by atoms with Gasteiger partial charge in [0, 0.05) is 5.41 Å². The molecule has 4 aliphatic rings. The standard InChI is InChI=1S/C28H49NO2/c1-25(2,30)16-8-7-9-19-10-12-21-20-11-13-23-26(3,4)24(29-31)15-18-28(23,6)22(20)14-17-27(19,21)5/h19-23,30-31H,7-18H2,1-6H3/b29-24+/t19-,20?,21?,22?,23?,27?,28?/m0/s1. The molecule has 0 aliphatic heterocycles. The van der Waals surface area contributed by atoms with Crippen LogP contribution in [0, 0.1) is 45.8 Å². The molecule has 31 heavy (non-hydrogen) atoms. The van der Waals surface area contributed by atoms with E-state index in [0.29, 0.717) is 16.7 Å². The lowest BCUT2D eigenvalue weighted by Gasteiger charge is -2.63. The Bertz CT molecular complexity index is 692. The van der Waals surface area contributed by atoms with Crippen LogP contribution in [0.25, 0.3) is 0 Å². The fraction of sp³-hybridized carbons (Fsp3) is 0.964. The Labute approximate surface area is 191 Å². The van der Waals surface area contributed by atoms with Crippen molar-refractivity contribution in [3.05, 3.63) is 0 Å². The molecule has 3 heteroatoms. The van der Waals surface area contributed by atoms with Crippen LogP contribution in [-0.2, 0) is 0 Å². The number of fused-ring (bicyclic) bond motifs is 5. The van der Waals surface area contributed by atoms with Gasteiger partial charge >= 0.3 is 0 Å². The molecular formula is C28H49NO2. The van der Waals surface area contributed by atoms with E-state index < -0.39 is 5.60 Å². The van der Waals surface area contributed by atoms with Crippen LogP contribution in [-0.4, -0.2) is 21.6 Å². The first-order valence-corrected chi connectivity index (χ1v) is 13.4. The minimum Gasteiger partial charge on any atom is -0.411 e. The molecule has 0 saturated heterocycles. The first kappa shape index (κ1) is 23.6. The van der Waals surface area contributed by atoms with Crippen molar-refractivity contribution in [2.45, 2.75) is 124 Å². The van der Waals surface area contributed by atoms with E-state index in [-0.39, 0.29) is 5.41 Å². The highest BCUT2D eigenvalue weighted by atomic mass is 16.4. The van der Waals surface area contributed by atoms with Crippen LogP contribution in [0.15, 0.2) is 5.16 Å². The quantitative estimate of drug-likeness (QED) is 0.270. The zero-order chi connectivity index (χ0) is 22.7. The van der Waals surface area contributed by atoms with Crippen molar-refractivity contribution in [3.63, 3.8) is 0 Å². The third kappa shape index (κ3) is 3.89. The molecule has 4 aliphatic carbocycles. The largest absolute Gasteiger partial charge is 0.411 e. The Morgan fingerprint density at radius 2 is 1.61 bits per heavy atom. The van der Waals surface area contributed by atoms with Gasteiger partial charge in [-0.15, -0.1) is 0 Å². The number of rotatable bonds is 5. The van der Waals surface area contributed by atoms with Gasteiger partial charge in [0.15, 0.2) is 0 Å². The topological polar surface area (TPSA) is 52.8 Å². The molecule has 0 spiro atoms. The minimum absolute atomic E-state index is 0.0339. The van der Waals surface area contributed by atoms with Gasteiger partial charge in [-0.1, -0.05) is 45.7 Å². The molecule has 0 amide bonds. The molecule has 4 rings (SSSR count). The van der Waals surface area contributed by atoms with Crippen LogP contribution >= 0.6 is 0 Å². The van der Waals surface area contributed by atoms with E-state index in [0.717, 1.165) is 48.6 Å². The molecule has 0 aromatic rings. The summed E-state index contributed by atoms with van der Waals surface area (Å²) >= 11 is 0. The maximum absolute atomic E-state index is 10.0. The predicted molar refractivity (Wildman–Crippen MR) is 128 cm³/mol. The molecule has 3 nitrogen and oxygen atoms in total. The van der Waals surface area contributed by atoms with Gasteiger partial charge < -0.3 is 10.3 Å². The highest BCUT2D eigenvalue weighted by Crippen LogP contribution is 2.69. The van der Waals surface area contributed by atoms with Crippen molar-refractivity contribution < 1.29 is 10.3 Å². The SMILES string of the molecule is CC(C)(O)CCCC[C@H]1CCC2C3CCC4C(C)(C)/C(=N/O)CCC4(C)C3CCC21C. The van der Waals surface area contributed by atoms with Crippen molar-refractivity contribution in [2.75, 3.05) is 0 Å². The highest BCUT2D eigenvalue weighted by molar-refractivity contribution is 5.90. The van der Waals surface area contributed by atoms with Crippen LogP contribution in [0.2, 0.25) is 0 Å². The van der Waals surface area contributed by atoms with Crippen molar-refractivity contribution >= 4 is 5.71 Å². The molecule has 178 valence electrons. The average molecular weight is 432 g/mol. The van der Waals surface area contributed by atoms with Gasteiger partial charge in [0.2, 0.25) is 0 Å². The fourth-order valence-electron chi connectivity index (χ4n) is 9.62. The molecule has 0 heterocycles. The Hall–Kier alpha value is -0.570. The van der Waals surface area contributed by atoms with E-state index in [1.165, 1.54) is 57.8 Å². The lowest BCUT2D eigenvalue weighted by Crippen LogP contribution is -2.58. The number of aliphatic hydroxyl groups is 1. The maximum atomic E-state index is 10.0. The van der Waals surface area contributed by atoms with Crippen LogP contribution in [0.4, 0.5) is 0 Å². The van der Waals surface area contributed by atoms with Crippen molar-refractivity contribution in [2.24, 2.45) is 51.0 Å². The molecule has 0 aromatic carbocycles. The Kier molecular flexibility index (Phi) is 6.11. The van der Waals surface area contributed by atoms with Crippen molar-refractivity contribution in [1.82, 2.24) is 0 Å². The summed E-state index contributed by atoms with van der Waals surface area (Å²) < 4.78 is 0. The molecule has 7 atom stereocenters. The van der Waals surface area contributed by atoms with E-state index >= 15 is 0 Å². The molecule has 2 N–H and O–H groups in total. The monoisotopic (exact) mass is 431 g/mol. The zero-order valence-corrected chi connectivity index (χ0v) is 21.2. The van der Waals surface area contributed by atoms with E-state index in [1.54, 1.807) is 0 Å². The zero-order valence-electron chi connectivity index (χ0n) is 21.2. The first-order chi connectivity index (χ1) is 14.4. The van der Waals surface area contributed by atoms with E-state index in [1.807, 2.05) is 13.8 Å². The molecule has 4 saturated carbocycles. The summed E-state index contributed by atoms with van der Waals surface area (Å²) in [5, 5.41) is 23.4. The van der Waals surface area contributed by atoms with Gasteiger partial charge in [0.05, 0.1) is 11.3 Å². The number of oxime groups is 1. The summed E-state index contributed by atoms with van der Waals surface area (Å²) in [6, 6.07) is 0. The number of hydrogen-bond acceptors (Lipinski definition) is 3. The number of hydrogen-bond donors (Lipinski definition) is 2. The fourth-order valence-corrected chi connectivity index (χ4v) is 9.62. The minimum atomic E-state index is -0.511. The molecule has 0 radical (unpaired) electrons. The van der Waals surface area contributed by atoms with Gasteiger partial charge in [0.25, 0.3) is 0 Å². The highest BCUT2D eigenvalue weighted by Gasteiger charge is 2.62. The van der Waals surface area contributed by atoms with Crippen LogP contribution in [0.1, 0.15) is 119 Å². The van der Waals surface area contributed by atoms with Crippen LogP contribution < -0.4 is 0 Å². The van der Waals surface area contributed by atoms with Crippen molar-refractivity contribution in [1.29, 1.82) is 0 Å². The number of unbranched alkanes of at least 4 members (excludes halogenated alkanes) is 1. The van der Waals surface area contributed by atoms with E-state index in [4.69, 9.17) is 0 Å². The number of nitrogens with zero attached hydrogens (tertiary/aromatic N) is 1. The van der Waals surface area contributed by atoms with E-state index in [9.17, 15) is 10.3 Å². The summed E-state index contributed by atoms with van der Waals surface area (Å²) in [7, 11) is 0. The summed E-state index contributed by atoms with van der Waals surface area (Å²) in [6.07, 6.45) is 15.3. The van der Waals surface area contributed by atoms with E-state index in [2.05, 4.69) is 32.9 Å². The van der Waals surface area contributed by atoms with Gasteiger partial charge in [-0.05, 0) is 118 Å². The second-order valence-electron chi connectivity index (χ2n) is 13.7. The second kappa shape index (κ2) is 8.03. The van der Waals surface area contributed by atoms with Crippen LogP contribution in [0.3, 0.4) is 0 Å². The summed E-state index contributed by atoms with van der Waals surface area (Å²) in [6.45, 7) is 13.8. The Morgan fingerprint density at radius 3 is 2.29 bits per heavy atom. The average Bonchev–Trinajstić information content (AvgIpc) is 3.01. The lowest BCUT2D eigenvalue weighted by atomic mass is 9.41. The molecular weight excluding hydrogens is 382 g/mol. The first-order valence-electron chi connectivity index (χ1n) is 13.4. The normalized spacial score (nSPS) is 45.8. The van der Waals surface area contributed by atoms with Crippen LogP contribution in [0.5, 0.6) is 0 Å². The van der Waals surface area contributed by atoms with Gasteiger partial charge in [0.1, 0.15) is 0 Å². The summed E-state index contributed by atoms with van der Waals surface area (Å²) in [5.74, 6) is 4.23. The Morgan fingerprint density at radius 1 is 0.903 bits per heavy atom. The maximum Gasteiger partial charge on any atom is 0.0630 e. The molecule has 0 aromatic heterocycles. The Balaban J connectivity index is 1.46. The van der Waals surface area contributed by atoms with Gasteiger partial charge in [-0.3, -0.25) is 0 Å². The second-order valence-corrected chi connectivity index (χ2v) is 13.7. The summed E-state index contributed by atoms with van der Waals surface area (Å²) in [4.78, 5) is 0.